The number of carboxylic acid groups (broad SMARTS) is 1. The van der Waals surface area contributed by atoms with Crippen molar-refractivity contribution in [1.82, 2.24) is 5.32 Å². The van der Waals surface area contributed by atoms with Crippen LogP contribution in [0.25, 0.3) is 0 Å². The van der Waals surface area contributed by atoms with Gasteiger partial charge in [-0.1, -0.05) is 30.3 Å². The van der Waals surface area contributed by atoms with Crippen molar-refractivity contribution in [2.45, 2.75) is 32.4 Å². The third-order valence-electron chi connectivity index (χ3n) is 2.62. The molecule has 0 aromatic heterocycles. The molecule has 0 saturated heterocycles. The molecular weight excluding hydrogens is 214 g/mol. The first-order chi connectivity index (χ1) is 8.13. The van der Waals surface area contributed by atoms with Crippen LogP contribution >= 0.6 is 0 Å². The number of aliphatic carboxylic acids is 1. The fraction of sp³-hybridized carbons (Fsp3) is 0.357. The molecule has 17 heavy (non-hydrogen) atoms. The maximum absolute atomic E-state index is 10.7. The summed E-state index contributed by atoms with van der Waals surface area (Å²) in [4.78, 5) is 10.7. The molecule has 0 aliphatic carbocycles. The standard InChI is InChI=1S/C14H19NO2/c1-3-6-11(2)15-10-13-8-5-4-7-12(13)9-14(16)17/h3-5,7-8,11,15H,1,6,9-10H2,2H3,(H,16,17). The van der Waals surface area contributed by atoms with E-state index in [1.807, 2.05) is 30.3 Å². The van der Waals surface area contributed by atoms with E-state index in [9.17, 15) is 4.79 Å². The molecule has 0 spiro atoms. The van der Waals surface area contributed by atoms with E-state index in [0.717, 1.165) is 17.5 Å². The first-order valence-corrected chi connectivity index (χ1v) is 5.76. The molecule has 0 saturated carbocycles. The summed E-state index contributed by atoms with van der Waals surface area (Å²) in [5.74, 6) is -0.795. The van der Waals surface area contributed by atoms with Crippen molar-refractivity contribution in [3.8, 4) is 0 Å². The van der Waals surface area contributed by atoms with E-state index in [1.54, 1.807) is 0 Å². The molecule has 1 atom stereocenters. The van der Waals surface area contributed by atoms with Gasteiger partial charge in [-0.15, -0.1) is 6.58 Å². The lowest BCUT2D eigenvalue weighted by molar-refractivity contribution is -0.136. The van der Waals surface area contributed by atoms with Crippen molar-refractivity contribution in [1.29, 1.82) is 0 Å². The van der Waals surface area contributed by atoms with E-state index in [2.05, 4.69) is 18.8 Å². The zero-order valence-corrected chi connectivity index (χ0v) is 10.1. The van der Waals surface area contributed by atoms with Crippen molar-refractivity contribution < 1.29 is 9.90 Å². The second-order valence-corrected chi connectivity index (χ2v) is 4.15. The van der Waals surface area contributed by atoms with Crippen LogP contribution in [0.1, 0.15) is 24.5 Å². The molecule has 0 aliphatic heterocycles. The molecule has 0 radical (unpaired) electrons. The zero-order chi connectivity index (χ0) is 12.7. The van der Waals surface area contributed by atoms with Gasteiger partial charge < -0.3 is 10.4 Å². The third kappa shape index (κ3) is 4.83. The summed E-state index contributed by atoms with van der Waals surface area (Å²) in [7, 11) is 0. The number of nitrogens with one attached hydrogen (secondary N) is 1. The minimum absolute atomic E-state index is 0.0771. The number of carboxylic acids is 1. The summed E-state index contributed by atoms with van der Waals surface area (Å²) in [6.45, 7) is 6.47. The Morgan fingerprint density at radius 2 is 2.12 bits per heavy atom. The highest BCUT2D eigenvalue weighted by molar-refractivity contribution is 5.70. The maximum Gasteiger partial charge on any atom is 0.307 e. The van der Waals surface area contributed by atoms with E-state index in [-0.39, 0.29) is 6.42 Å². The van der Waals surface area contributed by atoms with Crippen molar-refractivity contribution in [2.75, 3.05) is 0 Å². The number of hydrogen-bond donors (Lipinski definition) is 2. The van der Waals surface area contributed by atoms with Crippen LogP contribution in [0, 0.1) is 0 Å². The normalized spacial score (nSPS) is 12.1. The quantitative estimate of drug-likeness (QED) is 0.711. The van der Waals surface area contributed by atoms with Crippen molar-refractivity contribution in [3.05, 3.63) is 48.0 Å². The van der Waals surface area contributed by atoms with Crippen LogP contribution in [0.4, 0.5) is 0 Å². The summed E-state index contributed by atoms with van der Waals surface area (Å²) < 4.78 is 0. The van der Waals surface area contributed by atoms with Crippen LogP contribution in [0.15, 0.2) is 36.9 Å². The topological polar surface area (TPSA) is 49.3 Å². The molecule has 0 amide bonds. The average Bonchev–Trinajstić information content (AvgIpc) is 2.27. The van der Waals surface area contributed by atoms with Gasteiger partial charge in [0.15, 0.2) is 0 Å². The molecule has 1 aromatic carbocycles. The van der Waals surface area contributed by atoms with Gasteiger partial charge in [-0.2, -0.15) is 0 Å². The monoisotopic (exact) mass is 233 g/mol. The van der Waals surface area contributed by atoms with E-state index in [0.29, 0.717) is 12.6 Å². The number of hydrogen-bond acceptors (Lipinski definition) is 2. The summed E-state index contributed by atoms with van der Waals surface area (Å²) in [6, 6.07) is 7.98. The highest BCUT2D eigenvalue weighted by Gasteiger charge is 2.06. The van der Waals surface area contributed by atoms with Crippen LogP contribution in [-0.2, 0) is 17.8 Å². The van der Waals surface area contributed by atoms with Gasteiger partial charge in [0.1, 0.15) is 0 Å². The molecule has 1 rings (SSSR count). The smallest absolute Gasteiger partial charge is 0.307 e. The van der Waals surface area contributed by atoms with Gasteiger partial charge >= 0.3 is 5.97 Å². The predicted octanol–water partition coefficient (Wildman–Crippen LogP) is 2.37. The number of benzene rings is 1. The van der Waals surface area contributed by atoms with Gasteiger partial charge in [0, 0.05) is 12.6 Å². The molecule has 92 valence electrons. The molecule has 1 unspecified atom stereocenters. The lowest BCUT2D eigenvalue weighted by atomic mass is 10.0. The van der Waals surface area contributed by atoms with Crippen molar-refractivity contribution >= 4 is 5.97 Å². The zero-order valence-electron chi connectivity index (χ0n) is 10.1. The van der Waals surface area contributed by atoms with E-state index < -0.39 is 5.97 Å². The van der Waals surface area contributed by atoms with Crippen molar-refractivity contribution in [2.24, 2.45) is 0 Å². The number of carbonyl (C=O) groups is 1. The average molecular weight is 233 g/mol. The summed E-state index contributed by atoms with van der Waals surface area (Å²) >= 11 is 0. The Bertz CT molecular complexity index is 388. The second-order valence-electron chi connectivity index (χ2n) is 4.15. The van der Waals surface area contributed by atoms with Gasteiger partial charge in [0.05, 0.1) is 6.42 Å². The molecule has 1 aromatic rings. The molecule has 0 fully saturated rings. The van der Waals surface area contributed by atoms with Gasteiger partial charge in [-0.05, 0) is 24.5 Å². The van der Waals surface area contributed by atoms with Crippen LogP contribution in [0.5, 0.6) is 0 Å². The van der Waals surface area contributed by atoms with Crippen LogP contribution in [0.2, 0.25) is 0 Å². The lowest BCUT2D eigenvalue weighted by Gasteiger charge is -2.13. The van der Waals surface area contributed by atoms with E-state index in [1.165, 1.54) is 0 Å². The molecule has 3 nitrogen and oxygen atoms in total. The van der Waals surface area contributed by atoms with Gasteiger partial charge in [0.25, 0.3) is 0 Å². The van der Waals surface area contributed by atoms with Crippen LogP contribution in [-0.4, -0.2) is 17.1 Å². The largest absolute Gasteiger partial charge is 0.481 e. The first-order valence-electron chi connectivity index (χ1n) is 5.76. The van der Waals surface area contributed by atoms with Gasteiger partial charge in [0.2, 0.25) is 0 Å². The molecular formula is C14H19NO2. The van der Waals surface area contributed by atoms with E-state index >= 15 is 0 Å². The number of rotatable bonds is 7. The van der Waals surface area contributed by atoms with Crippen LogP contribution in [0.3, 0.4) is 0 Å². The maximum atomic E-state index is 10.7. The third-order valence-corrected chi connectivity index (χ3v) is 2.62. The molecule has 0 aliphatic rings. The minimum atomic E-state index is -0.795. The fourth-order valence-electron chi connectivity index (χ4n) is 1.68. The van der Waals surface area contributed by atoms with Gasteiger partial charge in [-0.25, -0.2) is 0 Å². The summed E-state index contributed by atoms with van der Waals surface area (Å²) in [6.07, 6.45) is 2.86. The Balaban J connectivity index is 2.63. The highest BCUT2D eigenvalue weighted by atomic mass is 16.4. The summed E-state index contributed by atoms with van der Waals surface area (Å²) in [5.41, 5.74) is 1.92. The van der Waals surface area contributed by atoms with E-state index in [4.69, 9.17) is 5.11 Å². The van der Waals surface area contributed by atoms with Gasteiger partial charge in [-0.3, -0.25) is 4.79 Å². The lowest BCUT2D eigenvalue weighted by Crippen LogP contribution is -2.25. The molecule has 0 bridgehead atoms. The Hall–Kier alpha value is -1.61. The molecule has 0 heterocycles. The first kappa shape index (κ1) is 13.5. The van der Waals surface area contributed by atoms with Crippen molar-refractivity contribution in [3.63, 3.8) is 0 Å². The SMILES string of the molecule is C=CCC(C)NCc1ccccc1CC(=O)O. The second kappa shape index (κ2) is 6.86. The highest BCUT2D eigenvalue weighted by Crippen LogP contribution is 2.10. The Morgan fingerprint density at radius 3 is 2.71 bits per heavy atom. The van der Waals surface area contributed by atoms with Crippen LogP contribution < -0.4 is 5.32 Å². The minimum Gasteiger partial charge on any atom is -0.481 e. The summed E-state index contributed by atoms with van der Waals surface area (Å²) in [5, 5.41) is 12.2. The molecule has 2 N–H and O–H groups in total. The Labute approximate surface area is 102 Å². The fourth-order valence-corrected chi connectivity index (χ4v) is 1.68. The predicted molar refractivity (Wildman–Crippen MR) is 68.9 cm³/mol. The molecule has 3 heteroatoms. The Kier molecular flexibility index (Phi) is 5.43. The Morgan fingerprint density at radius 1 is 1.47 bits per heavy atom.